The van der Waals surface area contributed by atoms with Gasteiger partial charge in [0.25, 0.3) is 0 Å². The van der Waals surface area contributed by atoms with Gasteiger partial charge in [-0.1, -0.05) is 261 Å². The van der Waals surface area contributed by atoms with E-state index in [9.17, 15) is 10.5 Å². The Kier molecular flexibility index (Phi) is 13.6. The molecule has 18 rings (SSSR count). The van der Waals surface area contributed by atoms with E-state index in [0.717, 1.165) is 155 Å². The van der Waals surface area contributed by atoms with Gasteiger partial charge in [0.15, 0.2) is 5.82 Å². The summed E-state index contributed by atoms with van der Waals surface area (Å²) in [5.74, 6) is 1.26. The molecule has 0 saturated heterocycles. The largest absolute Gasteiger partial charge is 0.305 e. The average Bonchev–Trinajstić information content (AvgIpc) is 1.46. The molecule has 0 aliphatic heterocycles. The minimum atomic E-state index is 0.259. The van der Waals surface area contributed by atoms with Crippen molar-refractivity contribution >= 4 is 65.4 Å². The zero-order chi connectivity index (χ0) is 64.5. The first-order chi connectivity index (χ1) is 48.0. The van der Waals surface area contributed by atoms with Crippen molar-refractivity contribution in [3.05, 3.63) is 351 Å². The molecule has 0 aliphatic carbocycles. The number of hydrogen-bond acceptors (Lipinski definition) is 3. The van der Waals surface area contributed by atoms with Gasteiger partial charge < -0.3 is 4.57 Å². The van der Waals surface area contributed by atoms with Crippen LogP contribution in [-0.2, 0) is 0 Å². The van der Waals surface area contributed by atoms with Crippen molar-refractivity contribution in [2.75, 3.05) is 0 Å². The SMILES string of the molecule is N#Cc1cccc(-c2c(-c3ccccc3)c(-n3c4ccc(-c5ccccc5)cc4c4cc(-c5ccccc5)ccc43)nc(-n3c4ccc(-c5ccccc5)cc4c4cc(-c5ccccc5)ccc43)c2-n2c3ccc(-c4ccccc4)cc3c3cc(-c4ccccc4)ccc32)c1C#N. The highest BCUT2D eigenvalue weighted by Crippen LogP contribution is 2.51. The Morgan fingerprint density at radius 2 is 0.505 bits per heavy atom. The molecule has 14 aromatic carbocycles. The fourth-order valence-electron chi connectivity index (χ4n) is 14.8. The molecule has 0 bridgehead atoms. The molecule has 0 spiro atoms. The molecule has 6 heteroatoms. The second-order valence-corrected chi connectivity index (χ2v) is 24.8. The van der Waals surface area contributed by atoms with Crippen molar-refractivity contribution in [1.82, 2.24) is 18.7 Å². The van der Waals surface area contributed by atoms with Gasteiger partial charge in [0.2, 0.25) is 0 Å². The number of pyridine rings is 1. The molecule has 0 saturated carbocycles. The molecular formula is C91H56N6. The number of aromatic nitrogens is 4. The highest BCUT2D eigenvalue weighted by Gasteiger charge is 2.33. The van der Waals surface area contributed by atoms with Gasteiger partial charge in [0.05, 0.1) is 49.9 Å². The summed E-state index contributed by atoms with van der Waals surface area (Å²) in [6, 6.07) is 126. The van der Waals surface area contributed by atoms with E-state index in [1.807, 2.05) is 18.2 Å². The van der Waals surface area contributed by atoms with E-state index in [-0.39, 0.29) is 11.1 Å². The lowest BCUT2D eigenvalue weighted by Gasteiger charge is -2.26. The Morgan fingerprint density at radius 1 is 0.227 bits per heavy atom. The second-order valence-electron chi connectivity index (χ2n) is 24.8. The van der Waals surface area contributed by atoms with E-state index < -0.39 is 0 Å². The lowest BCUT2D eigenvalue weighted by atomic mass is 9.89. The molecule has 0 aliphatic rings. The molecule has 97 heavy (non-hydrogen) atoms. The van der Waals surface area contributed by atoms with Crippen molar-refractivity contribution in [3.8, 4) is 118 Å². The Balaban J connectivity index is 1.08. The van der Waals surface area contributed by atoms with Crippen LogP contribution in [0, 0.1) is 22.7 Å². The summed E-state index contributed by atoms with van der Waals surface area (Å²) in [4.78, 5) is 6.50. The lowest BCUT2D eigenvalue weighted by molar-refractivity contribution is 0.987. The fourth-order valence-corrected chi connectivity index (χ4v) is 14.8. The predicted molar refractivity (Wildman–Crippen MR) is 400 cm³/mol. The number of nitrogens with zero attached hydrogens (tertiary/aromatic N) is 6. The molecule has 0 amide bonds. The highest BCUT2D eigenvalue weighted by atomic mass is 15.2. The molecule has 0 N–H and O–H groups in total. The van der Waals surface area contributed by atoms with Crippen molar-refractivity contribution < 1.29 is 0 Å². The zero-order valence-corrected chi connectivity index (χ0v) is 52.5. The highest BCUT2D eigenvalue weighted by molar-refractivity contribution is 6.17. The Morgan fingerprint density at radius 3 is 0.794 bits per heavy atom. The van der Waals surface area contributed by atoms with Crippen LogP contribution in [0.5, 0.6) is 0 Å². The summed E-state index contributed by atoms with van der Waals surface area (Å²) in [6.07, 6.45) is 0. The minimum absolute atomic E-state index is 0.259. The van der Waals surface area contributed by atoms with Crippen LogP contribution >= 0.6 is 0 Å². The Labute approximate surface area is 560 Å². The molecule has 18 aromatic rings. The summed E-state index contributed by atoms with van der Waals surface area (Å²) < 4.78 is 7.13. The van der Waals surface area contributed by atoms with E-state index >= 15 is 0 Å². The standard InChI is InChI=1S/C91H56N6/c92-57-72-37-22-38-73(80(72)58-93)88-87(65-35-20-7-21-36-65)90(96-83-47-41-68(61-27-12-3-13-28-61)53-76(83)77-54-69(42-48-84(77)96)62-29-14-4-15-30-62)94-91(97-85-49-43-70(63-31-16-5-17-32-63)55-78(85)79-56-71(44-50-86(79)97)64-33-18-6-19-34-64)89(88)95-81-45-39-66(59-23-8-1-9-24-59)51-74(81)75-52-67(40-46-82(75)95)60-25-10-2-11-26-60/h1-56H. The van der Waals surface area contributed by atoms with Gasteiger partial charge in [-0.25, -0.2) is 4.98 Å². The first-order valence-corrected chi connectivity index (χ1v) is 32.7. The van der Waals surface area contributed by atoms with Gasteiger partial charge in [-0.2, -0.15) is 10.5 Å². The van der Waals surface area contributed by atoms with Crippen molar-refractivity contribution in [1.29, 1.82) is 10.5 Å². The smallest absolute Gasteiger partial charge is 0.165 e. The number of fused-ring (bicyclic) bond motifs is 9. The van der Waals surface area contributed by atoms with Crippen LogP contribution in [0.25, 0.3) is 172 Å². The van der Waals surface area contributed by atoms with Gasteiger partial charge in [-0.15, -0.1) is 0 Å². The van der Waals surface area contributed by atoms with Gasteiger partial charge in [-0.05, 0) is 151 Å². The van der Waals surface area contributed by atoms with Crippen molar-refractivity contribution in [3.63, 3.8) is 0 Å². The van der Waals surface area contributed by atoms with Gasteiger partial charge >= 0.3 is 0 Å². The van der Waals surface area contributed by atoms with Gasteiger partial charge in [-0.3, -0.25) is 9.13 Å². The number of benzene rings is 14. The maximum absolute atomic E-state index is 11.9. The van der Waals surface area contributed by atoms with Crippen LogP contribution in [0.2, 0.25) is 0 Å². The van der Waals surface area contributed by atoms with E-state index in [4.69, 9.17) is 4.98 Å². The molecule has 450 valence electrons. The monoisotopic (exact) mass is 1230 g/mol. The molecule has 4 heterocycles. The zero-order valence-electron chi connectivity index (χ0n) is 52.5. The van der Waals surface area contributed by atoms with E-state index in [1.165, 1.54) is 0 Å². The van der Waals surface area contributed by atoms with Crippen molar-refractivity contribution in [2.24, 2.45) is 0 Å². The predicted octanol–water partition coefficient (Wildman–Crippen LogP) is 23.5. The molecule has 4 aromatic heterocycles. The lowest BCUT2D eigenvalue weighted by Crippen LogP contribution is -2.14. The van der Waals surface area contributed by atoms with Crippen LogP contribution < -0.4 is 0 Å². The van der Waals surface area contributed by atoms with Gasteiger partial charge in [0, 0.05) is 49.0 Å². The van der Waals surface area contributed by atoms with Crippen LogP contribution in [0.15, 0.2) is 340 Å². The second kappa shape index (κ2) is 23.3. The molecular weight excluding hydrogens is 1180 g/mol. The van der Waals surface area contributed by atoms with Crippen LogP contribution in [0.3, 0.4) is 0 Å². The summed E-state index contributed by atoms with van der Waals surface area (Å²) >= 11 is 0. The molecule has 0 radical (unpaired) electrons. The van der Waals surface area contributed by atoms with Crippen LogP contribution in [0.4, 0.5) is 0 Å². The topological polar surface area (TPSA) is 75.3 Å². The van der Waals surface area contributed by atoms with E-state index in [2.05, 4.69) is 341 Å². The molecule has 0 atom stereocenters. The van der Waals surface area contributed by atoms with E-state index in [1.54, 1.807) is 6.07 Å². The van der Waals surface area contributed by atoms with E-state index in [0.29, 0.717) is 17.2 Å². The Bertz CT molecular complexity index is 5930. The third kappa shape index (κ3) is 9.43. The Hall–Kier alpha value is -13.4. The summed E-state index contributed by atoms with van der Waals surface area (Å²) in [7, 11) is 0. The van der Waals surface area contributed by atoms with Crippen LogP contribution in [-0.4, -0.2) is 18.7 Å². The molecule has 0 unspecified atom stereocenters. The maximum atomic E-state index is 11.9. The van der Waals surface area contributed by atoms with Gasteiger partial charge in [0.1, 0.15) is 18.0 Å². The summed E-state index contributed by atoms with van der Waals surface area (Å²) in [5, 5.41) is 29.4. The summed E-state index contributed by atoms with van der Waals surface area (Å²) in [5.41, 5.74) is 23.0. The third-order valence-electron chi connectivity index (χ3n) is 19.3. The average molecular weight is 1230 g/mol. The number of hydrogen-bond donors (Lipinski definition) is 0. The third-order valence-corrected chi connectivity index (χ3v) is 19.3. The van der Waals surface area contributed by atoms with Crippen LogP contribution in [0.1, 0.15) is 11.1 Å². The number of nitriles is 2. The van der Waals surface area contributed by atoms with Crippen molar-refractivity contribution in [2.45, 2.75) is 0 Å². The minimum Gasteiger partial charge on any atom is -0.305 e. The normalized spacial score (nSPS) is 11.5. The molecule has 0 fully saturated rings. The number of rotatable bonds is 11. The molecule has 6 nitrogen and oxygen atoms in total. The fraction of sp³-hybridized carbons (Fsp3) is 0. The quantitative estimate of drug-likeness (QED) is 0.129. The maximum Gasteiger partial charge on any atom is 0.165 e. The first kappa shape index (κ1) is 56.4. The first-order valence-electron chi connectivity index (χ1n) is 32.7. The summed E-state index contributed by atoms with van der Waals surface area (Å²) in [6.45, 7) is 0.